The van der Waals surface area contributed by atoms with E-state index in [0.29, 0.717) is 12.3 Å². The number of aliphatic hydroxyl groups is 1. The molecule has 0 fully saturated rings. The Morgan fingerprint density at radius 2 is 2.00 bits per heavy atom. The molecule has 0 aliphatic carbocycles. The maximum atomic E-state index is 8.73. The summed E-state index contributed by atoms with van der Waals surface area (Å²) in [7, 11) is 0. The van der Waals surface area contributed by atoms with Crippen molar-refractivity contribution in [3.05, 3.63) is 46.6 Å². The lowest BCUT2D eigenvalue weighted by Gasteiger charge is -2.02. The molecule has 1 N–H and O–H groups in total. The van der Waals surface area contributed by atoms with Crippen molar-refractivity contribution >= 4 is 0 Å². The van der Waals surface area contributed by atoms with Crippen LogP contribution in [0.1, 0.15) is 41.2 Å². The van der Waals surface area contributed by atoms with Gasteiger partial charge in [-0.15, -0.1) is 0 Å². The molecule has 0 atom stereocenters. The minimum absolute atomic E-state index is 0.212. The van der Waals surface area contributed by atoms with Gasteiger partial charge in [0.2, 0.25) is 5.89 Å². The van der Waals surface area contributed by atoms with Crippen molar-refractivity contribution in [2.24, 2.45) is 0 Å². The third-order valence-corrected chi connectivity index (χ3v) is 3.24. The molecule has 1 aromatic carbocycles. The van der Waals surface area contributed by atoms with E-state index in [0.717, 1.165) is 25.1 Å². The molecular formula is C15H20N2O2. The van der Waals surface area contributed by atoms with Gasteiger partial charge in [-0.05, 0) is 43.4 Å². The molecule has 1 heterocycles. The van der Waals surface area contributed by atoms with E-state index in [1.807, 2.05) is 0 Å². The second-order valence-electron chi connectivity index (χ2n) is 4.88. The largest absolute Gasteiger partial charge is 0.396 e. The van der Waals surface area contributed by atoms with Crippen molar-refractivity contribution in [1.29, 1.82) is 0 Å². The third-order valence-electron chi connectivity index (χ3n) is 3.24. The SMILES string of the molecule is Cc1ccc(Cc2noc(CCCCO)n2)cc1C. The van der Waals surface area contributed by atoms with Crippen molar-refractivity contribution in [2.45, 2.75) is 39.5 Å². The molecular weight excluding hydrogens is 240 g/mol. The molecule has 2 aromatic rings. The lowest BCUT2D eigenvalue weighted by atomic mass is 10.0. The second kappa shape index (κ2) is 6.48. The number of aromatic nitrogens is 2. The number of nitrogens with zero attached hydrogens (tertiary/aromatic N) is 2. The van der Waals surface area contributed by atoms with Crippen molar-refractivity contribution in [1.82, 2.24) is 10.1 Å². The topological polar surface area (TPSA) is 59.2 Å². The van der Waals surface area contributed by atoms with Gasteiger partial charge >= 0.3 is 0 Å². The summed E-state index contributed by atoms with van der Waals surface area (Å²) < 4.78 is 5.19. The highest BCUT2D eigenvalue weighted by Gasteiger charge is 2.07. The molecule has 0 saturated carbocycles. The lowest BCUT2D eigenvalue weighted by molar-refractivity contribution is 0.280. The Labute approximate surface area is 113 Å². The van der Waals surface area contributed by atoms with Gasteiger partial charge in [-0.25, -0.2) is 0 Å². The van der Waals surface area contributed by atoms with Gasteiger partial charge in [-0.1, -0.05) is 23.4 Å². The zero-order chi connectivity index (χ0) is 13.7. The van der Waals surface area contributed by atoms with Crippen LogP contribution in [0.5, 0.6) is 0 Å². The van der Waals surface area contributed by atoms with E-state index in [2.05, 4.69) is 42.2 Å². The number of unbranched alkanes of at least 4 members (excludes halogenated alkanes) is 1. The van der Waals surface area contributed by atoms with Crippen molar-refractivity contribution < 1.29 is 9.63 Å². The molecule has 19 heavy (non-hydrogen) atoms. The van der Waals surface area contributed by atoms with Crippen LogP contribution in [0, 0.1) is 13.8 Å². The molecule has 102 valence electrons. The number of aliphatic hydroxyl groups excluding tert-OH is 1. The van der Waals surface area contributed by atoms with Crippen LogP contribution in [0.2, 0.25) is 0 Å². The molecule has 4 nitrogen and oxygen atoms in total. The van der Waals surface area contributed by atoms with Gasteiger partial charge < -0.3 is 9.63 Å². The third kappa shape index (κ3) is 3.89. The van der Waals surface area contributed by atoms with E-state index < -0.39 is 0 Å². The Bertz CT molecular complexity index is 535. The van der Waals surface area contributed by atoms with Crippen LogP contribution in [0.15, 0.2) is 22.7 Å². The van der Waals surface area contributed by atoms with Crippen LogP contribution in [0.3, 0.4) is 0 Å². The van der Waals surface area contributed by atoms with Crippen molar-refractivity contribution in [3.8, 4) is 0 Å². The van der Waals surface area contributed by atoms with Gasteiger partial charge in [-0.3, -0.25) is 0 Å². The fourth-order valence-corrected chi connectivity index (χ4v) is 1.95. The number of benzene rings is 1. The summed E-state index contributed by atoms with van der Waals surface area (Å²) in [5, 5.41) is 12.7. The number of rotatable bonds is 6. The van der Waals surface area contributed by atoms with E-state index >= 15 is 0 Å². The zero-order valence-corrected chi connectivity index (χ0v) is 11.5. The molecule has 0 aliphatic heterocycles. The summed E-state index contributed by atoms with van der Waals surface area (Å²) in [6.45, 7) is 4.42. The molecule has 0 amide bonds. The zero-order valence-electron chi connectivity index (χ0n) is 11.5. The van der Waals surface area contributed by atoms with E-state index in [1.54, 1.807) is 0 Å². The van der Waals surface area contributed by atoms with Crippen LogP contribution in [-0.4, -0.2) is 21.9 Å². The Morgan fingerprint density at radius 1 is 1.16 bits per heavy atom. The molecule has 0 unspecified atom stereocenters. The summed E-state index contributed by atoms with van der Waals surface area (Å²) in [4.78, 5) is 4.37. The van der Waals surface area contributed by atoms with Gasteiger partial charge in [0, 0.05) is 19.4 Å². The van der Waals surface area contributed by atoms with Crippen molar-refractivity contribution in [3.63, 3.8) is 0 Å². The quantitative estimate of drug-likeness (QED) is 0.811. The van der Waals surface area contributed by atoms with E-state index in [-0.39, 0.29) is 6.61 Å². The Morgan fingerprint density at radius 3 is 2.74 bits per heavy atom. The van der Waals surface area contributed by atoms with Crippen LogP contribution in [0.4, 0.5) is 0 Å². The first kappa shape index (κ1) is 13.7. The highest BCUT2D eigenvalue weighted by molar-refractivity contribution is 5.31. The molecule has 0 aliphatic rings. The minimum atomic E-state index is 0.212. The average molecular weight is 260 g/mol. The van der Waals surface area contributed by atoms with E-state index in [4.69, 9.17) is 9.63 Å². The van der Waals surface area contributed by atoms with Gasteiger partial charge in [0.15, 0.2) is 5.82 Å². The lowest BCUT2D eigenvalue weighted by Crippen LogP contribution is -1.94. The Kier molecular flexibility index (Phi) is 4.68. The molecule has 0 bridgehead atoms. The minimum Gasteiger partial charge on any atom is -0.396 e. The Balaban J connectivity index is 1.97. The smallest absolute Gasteiger partial charge is 0.226 e. The van der Waals surface area contributed by atoms with Gasteiger partial charge in [0.05, 0.1) is 0 Å². The van der Waals surface area contributed by atoms with Crippen LogP contribution < -0.4 is 0 Å². The summed E-state index contributed by atoms with van der Waals surface area (Å²) >= 11 is 0. The first-order valence-electron chi connectivity index (χ1n) is 6.67. The standard InChI is InChI=1S/C15H20N2O2/c1-11-6-7-13(9-12(11)2)10-14-16-15(19-17-14)5-3-4-8-18/h6-7,9,18H,3-5,8,10H2,1-2H3. The van der Waals surface area contributed by atoms with E-state index in [1.165, 1.54) is 16.7 Å². The predicted octanol–water partition coefficient (Wildman–Crippen LogP) is 2.59. The fraction of sp³-hybridized carbons (Fsp3) is 0.467. The summed E-state index contributed by atoms with van der Waals surface area (Å²) in [6.07, 6.45) is 3.09. The maximum absolute atomic E-state index is 8.73. The van der Waals surface area contributed by atoms with E-state index in [9.17, 15) is 0 Å². The van der Waals surface area contributed by atoms with Crippen molar-refractivity contribution in [2.75, 3.05) is 6.61 Å². The number of aryl methyl sites for hydroxylation is 3. The first-order chi connectivity index (χ1) is 9.19. The monoisotopic (exact) mass is 260 g/mol. The van der Waals surface area contributed by atoms with Crippen LogP contribution in [0.25, 0.3) is 0 Å². The van der Waals surface area contributed by atoms with Crippen LogP contribution in [-0.2, 0) is 12.8 Å². The summed E-state index contributed by atoms with van der Waals surface area (Å²) in [5.41, 5.74) is 3.77. The molecule has 2 rings (SSSR count). The molecule has 0 radical (unpaired) electrons. The predicted molar refractivity (Wildman–Crippen MR) is 73.0 cm³/mol. The second-order valence-corrected chi connectivity index (χ2v) is 4.88. The molecule has 1 aromatic heterocycles. The highest BCUT2D eigenvalue weighted by Crippen LogP contribution is 2.13. The average Bonchev–Trinajstić information content (AvgIpc) is 2.82. The van der Waals surface area contributed by atoms with Crippen LogP contribution >= 0.6 is 0 Å². The normalized spacial score (nSPS) is 10.9. The first-order valence-corrected chi connectivity index (χ1v) is 6.67. The molecule has 0 spiro atoms. The fourth-order valence-electron chi connectivity index (χ4n) is 1.95. The maximum Gasteiger partial charge on any atom is 0.226 e. The number of hydrogen-bond donors (Lipinski definition) is 1. The van der Waals surface area contributed by atoms with Gasteiger partial charge in [0.25, 0.3) is 0 Å². The molecule has 0 saturated heterocycles. The van der Waals surface area contributed by atoms with Gasteiger partial charge in [-0.2, -0.15) is 4.98 Å². The summed E-state index contributed by atoms with van der Waals surface area (Å²) in [6, 6.07) is 6.38. The van der Waals surface area contributed by atoms with Gasteiger partial charge in [0.1, 0.15) is 0 Å². The molecule has 4 heteroatoms. The Hall–Kier alpha value is -1.68. The summed E-state index contributed by atoms with van der Waals surface area (Å²) in [5.74, 6) is 1.38. The number of hydrogen-bond acceptors (Lipinski definition) is 4. The highest BCUT2D eigenvalue weighted by atomic mass is 16.5.